The Morgan fingerprint density at radius 1 is 1.43 bits per heavy atom. The smallest absolute Gasteiger partial charge is 0.228 e. The van der Waals surface area contributed by atoms with Crippen molar-refractivity contribution in [1.29, 1.82) is 0 Å². The molecule has 0 spiro atoms. The van der Waals surface area contributed by atoms with Crippen LogP contribution in [0.2, 0.25) is 0 Å². The van der Waals surface area contributed by atoms with Crippen molar-refractivity contribution < 1.29 is 14.6 Å². The number of nitrogens with zero attached hydrogens (tertiary/aromatic N) is 1. The van der Waals surface area contributed by atoms with Crippen molar-refractivity contribution >= 4 is 5.91 Å². The van der Waals surface area contributed by atoms with Gasteiger partial charge in [-0.25, -0.2) is 0 Å². The van der Waals surface area contributed by atoms with Gasteiger partial charge in [0.25, 0.3) is 0 Å². The van der Waals surface area contributed by atoms with Gasteiger partial charge in [-0.2, -0.15) is 0 Å². The van der Waals surface area contributed by atoms with E-state index in [9.17, 15) is 9.90 Å². The lowest BCUT2D eigenvalue weighted by atomic mass is 9.92. The van der Waals surface area contributed by atoms with Gasteiger partial charge in [0.2, 0.25) is 5.91 Å². The maximum absolute atomic E-state index is 12.5. The lowest BCUT2D eigenvalue weighted by molar-refractivity contribution is -0.156. The first-order valence-corrected chi connectivity index (χ1v) is 7.64. The first kappa shape index (κ1) is 16.0. The molecule has 1 aliphatic rings. The molecule has 1 aromatic rings. The molecule has 1 heterocycles. The van der Waals surface area contributed by atoms with Crippen LogP contribution >= 0.6 is 0 Å². The molecule has 0 bridgehead atoms. The monoisotopic (exact) mass is 291 g/mol. The average molecular weight is 291 g/mol. The molecule has 0 saturated carbocycles. The fourth-order valence-corrected chi connectivity index (χ4v) is 2.83. The van der Waals surface area contributed by atoms with Crippen molar-refractivity contribution in [1.82, 2.24) is 4.90 Å². The Bertz CT molecular complexity index is 476. The Hall–Kier alpha value is -1.39. The largest absolute Gasteiger partial charge is 0.392 e. The summed E-state index contributed by atoms with van der Waals surface area (Å²) in [7, 11) is 0. The van der Waals surface area contributed by atoms with Crippen LogP contribution in [0.4, 0.5) is 0 Å². The van der Waals surface area contributed by atoms with Gasteiger partial charge in [-0.15, -0.1) is 0 Å². The van der Waals surface area contributed by atoms with Gasteiger partial charge in [-0.05, 0) is 18.9 Å². The Morgan fingerprint density at radius 3 is 2.71 bits per heavy atom. The molecule has 1 aliphatic heterocycles. The third kappa shape index (κ3) is 3.44. The van der Waals surface area contributed by atoms with Crippen LogP contribution in [-0.2, 0) is 15.1 Å². The number of rotatable bonds is 4. The van der Waals surface area contributed by atoms with Gasteiger partial charge in [0.15, 0.2) is 0 Å². The summed E-state index contributed by atoms with van der Waals surface area (Å²) in [5.41, 5.74) is 0.595. The molecule has 0 aliphatic carbocycles. The van der Waals surface area contributed by atoms with E-state index >= 15 is 0 Å². The molecule has 3 atom stereocenters. The van der Waals surface area contributed by atoms with Crippen LogP contribution < -0.4 is 0 Å². The summed E-state index contributed by atoms with van der Waals surface area (Å²) in [6, 6.07) is 9.98. The maximum Gasteiger partial charge on any atom is 0.228 e. The zero-order chi connectivity index (χ0) is 15.5. The van der Waals surface area contributed by atoms with Crippen LogP contribution in [-0.4, -0.2) is 41.7 Å². The number of carbonyl (C=O) groups is 1. The molecule has 21 heavy (non-hydrogen) atoms. The lowest BCUT2D eigenvalue weighted by Gasteiger charge is -2.42. The summed E-state index contributed by atoms with van der Waals surface area (Å²) < 4.78 is 5.94. The van der Waals surface area contributed by atoms with E-state index in [1.807, 2.05) is 49.1 Å². The molecule has 1 N–H and O–H groups in total. The number of aliphatic hydroxyl groups is 1. The summed E-state index contributed by atoms with van der Waals surface area (Å²) in [6.45, 7) is 7.33. The number of benzene rings is 1. The van der Waals surface area contributed by atoms with Gasteiger partial charge < -0.3 is 14.7 Å². The van der Waals surface area contributed by atoms with Crippen LogP contribution in [0.15, 0.2) is 30.3 Å². The fraction of sp³-hybridized carbons (Fsp3) is 0.588. The summed E-state index contributed by atoms with van der Waals surface area (Å²) in [5.74, 6) is -0.358. The highest BCUT2D eigenvalue weighted by Gasteiger charge is 2.37. The zero-order valence-electron chi connectivity index (χ0n) is 13.1. The van der Waals surface area contributed by atoms with E-state index in [1.54, 1.807) is 6.92 Å². The highest BCUT2D eigenvalue weighted by atomic mass is 16.5. The molecule has 0 radical (unpaired) electrons. The predicted molar refractivity (Wildman–Crippen MR) is 81.8 cm³/mol. The van der Waals surface area contributed by atoms with E-state index in [2.05, 4.69) is 0 Å². The van der Waals surface area contributed by atoms with Gasteiger partial charge in [0.05, 0.1) is 25.2 Å². The number of ether oxygens (including phenoxy) is 1. The fourth-order valence-electron chi connectivity index (χ4n) is 2.83. The minimum Gasteiger partial charge on any atom is -0.392 e. The highest BCUT2D eigenvalue weighted by Crippen LogP contribution is 2.30. The van der Waals surface area contributed by atoms with Crippen LogP contribution in [0.5, 0.6) is 0 Å². The van der Waals surface area contributed by atoms with E-state index < -0.39 is 11.7 Å². The highest BCUT2D eigenvalue weighted by molar-refractivity contribution is 5.79. The van der Waals surface area contributed by atoms with Gasteiger partial charge >= 0.3 is 0 Å². The maximum atomic E-state index is 12.5. The molecule has 4 nitrogen and oxygen atoms in total. The van der Waals surface area contributed by atoms with E-state index in [1.165, 1.54) is 0 Å². The third-order valence-corrected chi connectivity index (χ3v) is 4.36. The van der Waals surface area contributed by atoms with E-state index in [0.717, 1.165) is 5.56 Å². The molecular weight excluding hydrogens is 266 g/mol. The van der Waals surface area contributed by atoms with Gasteiger partial charge in [-0.3, -0.25) is 4.79 Å². The number of morpholine rings is 1. The molecule has 1 saturated heterocycles. The van der Waals surface area contributed by atoms with Crippen LogP contribution in [0.1, 0.15) is 32.8 Å². The van der Waals surface area contributed by atoms with Gasteiger partial charge in [0, 0.05) is 6.54 Å². The first-order chi connectivity index (χ1) is 9.98. The number of amides is 1. The van der Waals surface area contributed by atoms with Crippen molar-refractivity contribution in [2.75, 3.05) is 19.7 Å². The SMILES string of the molecule is CCC(O)C(C)C(=O)N1CCOC(C)(c2ccccc2)C1. The van der Waals surface area contributed by atoms with Gasteiger partial charge in [0.1, 0.15) is 5.60 Å². The summed E-state index contributed by atoms with van der Waals surface area (Å²) in [5, 5.41) is 9.90. The Balaban J connectivity index is 2.12. The summed E-state index contributed by atoms with van der Waals surface area (Å²) in [4.78, 5) is 14.3. The molecule has 1 amide bonds. The van der Waals surface area contributed by atoms with Crippen LogP contribution in [0.25, 0.3) is 0 Å². The van der Waals surface area contributed by atoms with Crippen LogP contribution in [0, 0.1) is 5.92 Å². The topological polar surface area (TPSA) is 49.8 Å². The molecule has 1 fully saturated rings. The van der Waals surface area contributed by atoms with E-state index in [0.29, 0.717) is 26.1 Å². The van der Waals surface area contributed by atoms with Crippen LogP contribution in [0.3, 0.4) is 0 Å². The second-order valence-corrected chi connectivity index (χ2v) is 5.97. The minimum absolute atomic E-state index is 0.00908. The van der Waals surface area contributed by atoms with Crippen molar-refractivity contribution in [2.45, 2.75) is 38.9 Å². The number of hydrogen-bond acceptors (Lipinski definition) is 3. The average Bonchev–Trinajstić information content (AvgIpc) is 2.53. The number of carbonyl (C=O) groups excluding carboxylic acids is 1. The molecular formula is C17H25NO3. The molecule has 2 rings (SSSR count). The summed E-state index contributed by atoms with van der Waals surface area (Å²) >= 11 is 0. The summed E-state index contributed by atoms with van der Waals surface area (Å²) in [6.07, 6.45) is 0.0102. The standard InChI is InChI=1S/C17H25NO3/c1-4-15(19)13(2)16(20)18-10-11-21-17(3,12-18)14-8-6-5-7-9-14/h5-9,13,15,19H,4,10-12H2,1-3H3. The Morgan fingerprint density at radius 2 is 2.10 bits per heavy atom. The molecule has 1 aromatic carbocycles. The predicted octanol–water partition coefficient (Wildman–Crippen LogP) is 2.17. The zero-order valence-corrected chi connectivity index (χ0v) is 13.1. The number of aliphatic hydroxyl groups excluding tert-OH is 1. The third-order valence-electron chi connectivity index (χ3n) is 4.36. The Kier molecular flexibility index (Phi) is 5.01. The molecule has 3 unspecified atom stereocenters. The lowest BCUT2D eigenvalue weighted by Crippen LogP contribution is -2.52. The van der Waals surface area contributed by atoms with Gasteiger partial charge in [-0.1, -0.05) is 44.2 Å². The normalized spacial score (nSPS) is 25.4. The molecule has 0 aromatic heterocycles. The number of hydrogen-bond donors (Lipinski definition) is 1. The van der Waals surface area contributed by atoms with Crippen molar-refractivity contribution in [2.24, 2.45) is 5.92 Å². The second kappa shape index (κ2) is 6.58. The van der Waals surface area contributed by atoms with E-state index in [4.69, 9.17) is 4.74 Å². The molecule has 4 heteroatoms. The first-order valence-electron chi connectivity index (χ1n) is 7.64. The second-order valence-electron chi connectivity index (χ2n) is 5.97. The minimum atomic E-state index is -0.580. The van der Waals surface area contributed by atoms with Crippen molar-refractivity contribution in [3.63, 3.8) is 0 Å². The van der Waals surface area contributed by atoms with E-state index in [-0.39, 0.29) is 11.8 Å². The molecule has 116 valence electrons. The van der Waals surface area contributed by atoms with Crippen molar-refractivity contribution in [3.8, 4) is 0 Å². The Labute approximate surface area is 126 Å². The van der Waals surface area contributed by atoms with Crippen molar-refractivity contribution in [3.05, 3.63) is 35.9 Å². The quantitative estimate of drug-likeness (QED) is 0.925.